The lowest BCUT2D eigenvalue weighted by Gasteiger charge is -2.44. The van der Waals surface area contributed by atoms with Crippen LogP contribution in [0.25, 0.3) is 11.1 Å². The summed E-state index contributed by atoms with van der Waals surface area (Å²) in [5, 5.41) is 12.8. The second-order valence-electron chi connectivity index (χ2n) is 11.4. The Morgan fingerprint density at radius 1 is 0.974 bits per heavy atom. The SMILES string of the molecule is COc1cc(N2C(=O)C(C)(C)c3cc(-c4ccc(N5CC(CN6CCNCC6)C5)cc4)ccc32)ccc1C#N. The summed E-state index contributed by atoms with van der Waals surface area (Å²) in [5.74, 6) is 1.21. The number of fused-ring (bicyclic) bond motifs is 1. The van der Waals surface area contributed by atoms with E-state index in [1.807, 2.05) is 19.9 Å². The summed E-state index contributed by atoms with van der Waals surface area (Å²) in [6, 6.07) is 22.5. The van der Waals surface area contributed by atoms with E-state index in [2.05, 4.69) is 57.6 Å². The van der Waals surface area contributed by atoms with E-state index in [1.165, 1.54) is 19.3 Å². The van der Waals surface area contributed by atoms with E-state index >= 15 is 0 Å². The van der Waals surface area contributed by atoms with Crippen molar-refractivity contribution in [2.24, 2.45) is 5.92 Å². The van der Waals surface area contributed by atoms with Gasteiger partial charge >= 0.3 is 0 Å². The molecule has 0 unspecified atom stereocenters. The van der Waals surface area contributed by atoms with E-state index in [1.54, 1.807) is 23.1 Å². The molecule has 0 aliphatic carbocycles. The molecular formula is C32H35N5O2. The number of amides is 1. The lowest BCUT2D eigenvalue weighted by Crippen LogP contribution is -2.54. The van der Waals surface area contributed by atoms with E-state index in [9.17, 15) is 10.1 Å². The fraction of sp³-hybridized carbons (Fsp3) is 0.375. The molecular weight excluding hydrogens is 486 g/mol. The number of nitrogens with one attached hydrogen (secondary N) is 1. The third-order valence-electron chi connectivity index (χ3n) is 8.46. The Morgan fingerprint density at radius 2 is 1.67 bits per heavy atom. The molecule has 0 aromatic heterocycles. The van der Waals surface area contributed by atoms with Crippen LogP contribution in [-0.2, 0) is 10.2 Å². The normalized spacial score (nSPS) is 19.0. The van der Waals surface area contributed by atoms with Gasteiger partial charge in [-0.15, -0.1) is 0 Å². The second-order valence-corrected chi connectivity index (χ2v) is 11.4. The summed E-state index contributed by atoms with van der Waals surface area (Å²) in [6.45, 7) is 11.9. The molecule has 1 N–H and O–H groups in total. The topological polar surface area (TPSA) is 71.8 Å². The second kappa shape index (κ2) is 10.0. The first-order valence-electron chi connectivity index (χ1n) is 13.7. The molecule has 200 valence electrons. The Morgan fingerprint density at radius 3 is 2.36 bits per heavy atom. The summed E-state index contributed by atoms with van der Waals surface area (Å²) in [6.07, 6.45) is 0. The first-order valence-corrected chi connectivity index (χ1v) is 13.7. The summed E-state index contributed by atoms with van der Waals surface area (Å²) in [5.41, 5.74) is 5.84. The Balaban J connectivity index is 1.20. The van der Waals surface area contributed by atoms with Gasteiger partial charge in [0.05, 0.1) is 29.5 Å². The van der Waals surface area contributed by atoms with Crippen molar-refractivity contribution in [1.29, 1.82) is 5.26 Å². The van der Waals surface area contributed by atoms with E-state index < -0.39 is 5.41 Å². The number of nitriles is 1. The Kier molecular flexibility index (Phi) is 6.54. The van der Waals surface area contributed by atoms with E-state index in [0.717, 1.165) is 67.6 Å². The maximum atomic E-state index is 13.6. The standard InChI is InChI=1S/C32H35N5O2/c1-32(2)28-16-24(7-11-29(28)37(31(32)38)27-10-6-25(18-33)30(17-27)39-3)23-4-8-26(9-5-23)36-20-22(21-36)19-35-14-12-34-13-15-35/h4-11,16-17,22,34H,12-15,19-21H2,1-3H3. The van der Waals surface area contributed by atoms with Gasteiger partial charge in [0.1, 0.15) is 11.8 Å². The van der Waals surface area contributed by atoms with Crippen LogP contribution in [0.5, 0.6) is 5.75 Å². The number of hydrogen-bond acceptors (Lipinski definition) is 6. The van der Waals surface area contributed by atoms with Crippen molar-refractivity contribution in [2.45, 2.75) is 19.3 Å². The van der Waals surface area contributed by atoms with Gasteiger partial charge in [-0.05, 0) is 66.9 Å². The number of nitrogens with zero attached hydrogens (tertiary/aromatic N) is 4. The highest BCUT2D eigenvalue weighted by molar-refractivity contribution is 6.13. The fourth-order valence-corrected chi connectivity index (χ4v) is 6.10. The van der Waals surface area contributed by atoms with Crippen LogP contribution in [0.4, 0.5) is 17.1 Å². The van der Waals surface area contributed by atoms with E-state index in [0.29, 0.717) is 17.0 Å². The van der Waals surface area contributed by atoms with Gasteiger partial charge in [-0.1, -0.05) is 18.2 Å². The summed E-state index contributed by atoms with van der Waals surface area (Å²) in [4.78, 5) is 20.4. The number of carbonyl (C=O) groups is 1. The molecule has 7 nitrogen and oxygen atoms in total. The molecule has 3 heterocycles. The molecule has 3 aromatic rings. The Bertz CT molecular complexity index is 1430. The summed E-state index contributed by atoms with van der Waals surface area (Å²) >= 11 is 0. The largest absolute Gasteiger partial charge is 0.495 e. The first kappa shape index (κ1) is 25.4. The molecule has 0 saturated carbocycles. The van der Waals surface area contributed by atoms with Crippen LogP contribution in [-0.4, -0.2) is 63.7 Å². The predicted octanol–water partition coefficient (Wildman–Crippen LogP) is 4.53. The van der Waals surface area contributed by atoms with Gasteiger partial charge in [0.25, 0.3) is 0 Å². The number of ether oxygens (including phenoxy) is 1. The third kappa shape index (κ3) is 4.54. The van der Waals surface area contributed by atoms with Crippen LogP contribution in [0.1, 0.15) is 25.0 Å². The molecule has 6 rings (SSSR count). The van der Waals surface area contributed by atoms with Crippen molar-refractivity contribution in [3.63, 3.8) is 0 Å². The summed E-state index contributed by atoms with van der Waals surface area (Å²) < 4.78 is 5.40. The Labute approximate surface area is 230 Å². The number of piperazine rings is 1. The van der Waals surface area contributed by atoms with Gasteiger partial charge in [-0.2, -0.15) is 5.26 Å². The van der Waals surface area contributed by atoms with E-state index in [-0.39, 0.29) is 5.91 Å². The molecule has 3 aliphatic rings. The molecule has 3 aromatic carbocycles. The zero-order valence-corrected chi connectivity index (χ0v) is 22.9. The molecule has 2 saturated heterocycles. The summed E-state index contributed by atoms with van der Waals surface area (Å²) in [7, 11) is 1.54. The number of anilines is 3. The molecule has 1 amide bonds. The third-order valence-corrected chi connectivity index (χ3v) is 8.46. The molecule has 39 heavy (non-hydrogen) atoms. The van der Waals surface area contributed by atoms with E-state index in [4.69, 9.17) is 4.74 Å². The molecule has 3 aliphatic heterocycles. The average molecular weight is 522 g/mol. The van der Waals surface area contributed by atoms with Gasteiger partial charge in [0.2, 0.25) is 5.91 Å². The van der Waals surface area contributed by atoms with Crippen LogP contribution in [0.3, 0.4) is 0 Å². The van der Waals surface area contributed by atoms with Crippen molar-refractivity contribution < 1.29 is 9.53 Å². The van der Waals surface area contributed by atoms with Crippen LogP contribution >= 0.6 is 0 Å². The van der Waals surface area contributed by atoms with Crippen molar-refractivity contribution in [2.75, 3.05) is 62.7 Å². The highest BCUT2D eigenvalue weighted by atomic mass is 16.5. The van der Waals surface area contributed by atoms with Gasteiger partial charge in [-0.3, -0.25) is 9.69 Å². The van der Waals surface area contributed by atoms with Gasteiger partial charge in [0.15, 0.2) is 0 Å². The number of methoxy groups -OCH3 is 1. The number of hydrogen-bond donors (Lipinski definition) is 1. The molecule has 0 spiro atoms. The molecule has 0 bridgehead atoms. The van der Waals surface area contributed by atoms with Crippen molar-refractivity contribution in [1.82, 2.24) is 10.2 Å². The van der Waals surface area contributed by atoms with Crippen LogP contribution in [0, 0.1) is 17.2 Å². The van der Waals surface area contributed by atoms with Gasteiger partial charge < -0.3 is 19.9 Å². The maximum Gasteiger partial charge on any atom is 0.241 e. The zero-order chi connectivity index (χ0) is 27.1. The fourth-order valence-electron chi connectivity index (χ4n) is 6.10. The number of rotatable bonds is 6. The molecule has 2 fully saturated rings. The van der Waals surface area contributed by atoms with Gasteiger partial charge in [-0.25, -0.2) is 0 Å². The lowest BCUT2D eigenvalue weighted by atomic mass is 9.84. The van der Waals surface area contributed by atoms with Crippen LogP contribution in [0.15, 0.2) is 60.7 Å². The quantitative estimate of drug-likeness (QED) is 0.514. The minimum absolute atomic E-state index is 0.00455. The monoisotopic (exact) mass is 521 g/mol. The smallest absolute Gasteiger partial charge is 0.241 e. The predicted molar refractivity (Wildman–Crippen MR) is 155 cm³/mol. The maximum absolute atomic E-state index is 13.6. The molecule has 7 heteroatoms. The van der Waals surface area contributed by atoms with Crippen LogP contribution in [0.2, 0.25) is 0 Å². The zero-order valence-electron chi connectivity index (χ0n) is 22.9. The van der Waals surface area contributed by atoms with Crippen LogP contribution < -0.4 is 19.9 Å². The number of benzene rings is 3. The average Bonchev–Trinajstić information content (AvgIpc) is 3.15. The highest BCUT2D eigenvalue weighted by Gasteiger charge is 2.45. The minimum atomic E-state index is -0.677. The molecule has 0 radical (unpaired) electrons. The van der Waals surface area contributed by atoms with Crippen molar-refractivity contribution >= 4 is 23.0 Å². The highest BCUT2D eigenvalue weighted by Crippen LogP contribution is 2.47. The van der Waals surface area contributed by atoms with Crippen molar-refractivity contribution in [3.05, 3.63) is 71.8 Å². The Hall–Kier alpha value is -3.86. The first-order chi connectivity index (χ1) is 18.9. The minimum Gasteiger partial charge on any atom is -0.495 e. The number of carbonyl (C=O) groups excluding carboxylic acids is 1. The lowest BCUT2D eigenvalue weighted by molar-refractivity contribution is -0.121. The van der Waals surface area contributed by atoms with Crippen molar-refractivity contribution in [3.8, 4) is 22.9 Å². The molecule has 0 atom stereocenters. The van der Waals surface area contributed by atoms with Gasteiger partial charge in [0, 0.05) is 63.5 Å².